The second-order valence-electron chi connectivity index (χ2n) is 12.8. The van der Waals surface area contributed by atoms with E-state index in [4.69, 9.17) is 16.3 Å². The maximum atomic E-state index is 12.5. The van der Waals surface area contributed by atoms with Crippen LogP contribution < -0.4 is 11.0 Å². The van der Waals surface area contributed by atoms with Crippen molar-refractivity contribution in [3.05, 3.63) is 159 Å². The van der Waals surface area contributed by atoms with Gasteiger partial charge in [0.25, 0.3) is 11.5 Å². The van der Waals surface area contributed by atoms with E-state index in [0.29, 0.717) is 23.7 Å². The van der Waals surface area contributed by atoms with E-state index in [9.17, 15) is 14.4 Å². The van der Waals surface area contributed by atoms with Crippen LogP contribution in [0.2, 0.25) is 5.02 Å². The number of halogens is 1. The van der Waals surface area contributed by atoms with Crippen molar-refractivity contribution in [1.29, 1.82) is 0 Å². The molecule has 9 nitrogen and oxygen atoms in total. The molecule has 2 amide bonds. The van der Waals surface area contributed by atoms with Crippen molar-refractivity contribution in [2.75, 3.05) is 26.7 Å². The number of carbonyl (C=O) groups is 2. The summed E-state index contributed by atoms with van der Waals surface area (Å²) in [5, 5.41) is 3.23. The molecule has 0 atom stereocenters. The quantitative estimate of drug-likeness (QED) is 0.166. The number of hydrogen-bond donors (Lipinski definition) is 2. The third kappa shape index (κ3) is 7.45. The van der Waals surface area contributed by atoms with Crippen molar-refractivity contribution < 1.29 is 14.3 Å². The van der Waals surface area contributed by atoms with Crippen molar-refractivity contribution in [3.8, 4) is 16.8 Å². The van der Waals surface area contributed by atoms with Crippen molar-refractivity contribution in [3.63, 3.8) is 0 Å². The number of amides is 2. The lowest BCUT2D eigenvalue weighted by Gasteiger charge is -2.18. The van der Waals surface area contributed by atoms with Crippen LogP contribution in [0.25, 0.3) is 27.7 Å². The fourth-order valence-corrected chi connectivity index (χ4v) is 6.99. The maximum absolute atomic E-state index is 12.5. The second-order valence-corrected chi connectivity index (χ2v) is 13.2. The fourth-order valence-electron chi connectivity index (χ4n) is 6.77. The van der Waals surface area contributed by atoms with Gasteiger partial charge in [-0.25, -0.2) is 9.80 Å². The number of hydrogen-bond acceptors (Lipinski definition) is 5. The zero-order valence-corrected chi connectivity index (χ0v) is 29.0. The summed E-state index contributed by atoms with van der Waals surface area (Å²) in [6, 6.07) is 34.9. The summed E-state index contributed by atoms with van der Waals surface area (Å²) in [5.41, 5.74) is 11.0. The maximum Gasteiger partial charge on any atom is 0.409 e. The molecule has 1 saturated heterocycles. The van der Waals surface area contributed by atoms with E-state index in [2.05, 4.69) is 58.9 Å². The average Bonchev–Trinajstić information content (AvgIpc) is 3.90. The number of fused-ring (bicyclic) bond motifs is 4. The first-order chi connectivity index (χ1) is 24.9. The van der Waals surface area contributed by atoms with Crippen molar-refractivity contribution in [1.82, 2.24) is 24.9 Å². The highest BCUT2D eigenvalue weighted by atomic mass is 35.5. The number of hydrazine groups is 1. The Bertz CT molecular complexity index is 2190. The number of rotatable bonds is 7. The molecule has 0 saturated carbocycles. The largest absolute Gasteiger partial charge is 0.448 e. The molecule has 6 aromatic rings. The van der Waals surface area contributed by atoms with E-state index in [1.807, 2.05) is 41.3 Å². The lowest BCUT2D eigenvalue weighted by atomic mass is 9.98. The molecule has 0 unspecified atom stereocenters. The van der Waals surface area contributed by atoms with Gasteiger partial charge in [0.15, 0.2) is 0 Å². The fraction of sp³-hybridized carbons (Fsp3) is 0.195. The number of pyridine rings is 1. The van der Waals surface area contributed by atoms with Gasteiger partial charge in [-0.1, -0.05) is 84.4 Å². The third-order valence-corrected chi connectivity index (χ3v) is 9.66. The Labute approximate surface area is 301 Å². The predicted octanol–water partition coefficient (Wildman–Crippen LogP) is 7.78. The molecule has 51 heavy (non-hydrogen) atoms. The molecule has 1 fully saturated rings. The van der Waals surface area contributed by atoms with Crippen LogP contribution in [0, 0.1) is 0 Å². The number of aromatic nitrogens is 2. The summed E-state index contributed by atoms with van der Waals surface area (Å²) < 4.78 is 7.19. The van der Waals surface area contributed by atoms with Gasteiger partial charge in [-0.3, -0.25) is 19.6 Å². The van der Waals surface area contributed by atoms with Gasteiger partial charge in [0.2, 0.25) is 0 Å². The summed E-state index contributed by atoms with van der Waals surface area (Å²) in [6.07, 6.45) is 5.44. The Kier molecular flexibility index (Phi) is 10.0. The Morgan fingerprint density at radius 3 is 2.24 bits per heavy atom. The molecule has 1 aliphatic heterocycles. The highest BCUT2D eigenvalue weighted by molar-refractivity contribution is 6.35. The summed E-state index contributed by atoms with van der Waals surface area (Å²) >= 11 is 6.08. The molecule has 4 aromatic carbocycles. The van der Waals surface area contributed by atoms with Crippen molar-refractivity contribution >= 4 is 34.5 Å². The predicted molar refractivity (Wildman–Crippen MR) is 200 cm³/mol. The van der Waals surface area contributed by atoms with Gasteiger partial charge in [0.1, 0.15) is 6.61 Å². The standard InChI is InChI=1S/C22H19ClN4O2.C19H19NO2/c1-26(25-22(29)16-7-10-18-19(23)13-24-20(18)12-16)14-15-5-8-17(9-6-15)27-11-3-2-4-21(27)28;21-19(20-11-5-6-12-20)22-13-18-16-9-3-1-7-14(16)15-8-2-4-10-17(15)18/h2-13,24H,14H2,1H3,(H,25,29);1-4,7-10,18H,5-6,11-13H2. The zero-order valence-electron chi connectivity index (χ0n) is 28.2. The number of H-pyrrole nitrogens is 1. The van der Waals surface area contributed by atoms with Crippen LogP contribution in [0.4, 0.5) is 4.79 Å². The summed E-state index contributed by atoms with van der Waals surface area (Å²) in [5.74, 6) is -0.0495. The van der Waals surface area contributed by atoms with Gasteiger partial charge in [0.05, 0.1) is 5.02 Å². The minimum Gasteiger partial charge on any atom is -0.448 e. The Morgan fingerprint density at radius 1 is 0.882 bits per heavy atom. The summed E-state index contributed by atoms with van der Waals surface area (Å²) in [4.78, 5) is 41.4. The first kappa shape index (κ1) is 33.8. The van der Waals surface area contributed by atoms with Gasteiger partial charge in [0, 0.05) is 73.2 Å². The van der Waals surface area contributed by atoms with Crippen LogP contribution >= 0.6 is 11.6 Å². The highest BCUT2D eigenvalue weighted by Gasteiger charge is 2.30. The van der Waals surface area contributed by atoms with Gasteiger partial charge < -0.3 is 14.6 Å². The van der Waals surface area contributed by atoms with Crippen LogP contribution in [0.1, 0.15) is 45.8 Å². The molecule has 1 aliphatic carbocycles. The Morgan fingerprint density at radius 2 is 1.55 bits per heavy atom. The molecular formula is C41H38ClN5O4. The van der Waals surface area contributed by atoms with Crippen LogP contribution in [0.15, 0.2) is 126 Å². The number of likely N-dealkylation sites (tertiary alicyclic amines) is 1. The lowest BCUT2D eigenvalue weighted by molar-refractivity contribution is 0.0819. The molecule has 0 spiro atoms. The highest BCUT2D eigenvalue weighted by Crippen LogP contribution is 2.44. The monoisotopic (exact) mass is 699 g/mol. The smallest absolute Gasteiger partial charge is 0.409 e. The first-order valence-corrected chi connectivity index (χ1v) is 17.4. The molecule has 0 bridgehead atoms. The first-order valence-electron chi connectivity index (χ1n) is 17.0. The molecule has 0 radical (unpaired) electrons. The zero-order chi connectivity index (χ0) is 35.3. The van der Waals surface area contributed by atoms with Crippen LogP contribution in [0.5, 0.6) is 0 Å². The molecule has 8 rings (SSSR count). The topological polar surface area (TPSA) is 99.7 Å². The van der Waals surface area contributed by atoms with E-state index in [0.717, 1.165) is 48.1 Å². The van der Waals surface area contributed by atoms with Crippen molar-refractivity contribution in [2.24, 2.45) is 0 Å². The van der Waals surface area contributed by atoms with Crippen LogP contribution in [-0.4, -0.2) is 58.2 Å². The average molecular weight is 700 g/mol. The molecular weight excluding hydrogens is 662 g/mol. The minimum absolute atomic E-state index is 0.0787. The van der Waals surface area contributed by atoms with Crippen molar-refractivity contribution in [2.45, 2.75) is 25.3 Å². The van der Waals surface area contributed by atoms with Gasteiger partial charge in [-0.05, 0) is 71.0 Å². The summed E-state index contributed by atoms with van der Waals surface area (Å²) in [7, 11) is 1.80. The number of carbonyl (C=O) groups excluding carboxylic acids is 2. The van der Waals surface area contributed by atoms with Crippen LogP contribution in [0.3, 0.4) is 0 Å². The van der Waals surface area contributed by atoms with Gasteiger partial charge in [-0.2, -0.15) is 0 Å². The molecule has 3 heterocycles. The Hall–Kier alpha value is -5.64. The number of nitrogens with zero attached hydrogens (tertiary/aromatic N) is 3. The summed E-state index contributed by atoms with van der Waals surface area (Å²) in [6.45, 7) is 2.60. The van der Waals surface area contributed by atoms with Gasteiger partial charge >= 0.3 is 6.09 Å². The van der Waals surface area contributed by atoms with E-state index in [1.165, 1.54) is 28.3 Å². The Balaban J connectivity index is 0.000000165. The number of benzene rings is 4. The van der Waals surface area contributed by atoms with E-state index in [-0.39, 0.29) is 23.5 Å². The number of aromatic amines is 1. The van der Waals surface area contributed by atoms with E-state index >= 15 is 0 Å². The minimum atomic E-state index is -0.201. The van der Waals surface area contributed by atoms with Gasteiger partial charge in [-0.15, -0.1) is 0 Å². The van der Waals surface area contributed by atoms with E-state index in [1.54, 1.807) is 47.2 Å². The second kappa shape index (κ2) is 15.1. The molecule has 258 valence electrons. The molecule has 2 N–H and O–H groups in total. The number of ether oxygens (including phenoxy) is 1. The normalized spacial score (nSPS) is 13.4. The SMILES string of the molecule is CN(Cc1ccc(-n2ccccc2=O)cc1)NC(=O)c1ccc2c(Cl)c[nH]c2c1.O=C(OCC1c2ccccc2-c2ccccc21)N1CCCC1. The third-order valence-electron chi connectivity index (χ3n) is 9.34. The number of nitrogens with one attached hydrogen (secondary N) is 2. The van der Waals surface area contributed by atoms with Crippen LogP contribution in [-0.2, 0) is 11.3 Å². The molecule has 2 aliphatic rings. The molecule has 2 aromatic heterocycles. The lowest BCUT2D eigenvalue weighted by Crippen LogP contribution is -2.38. The molecule has 10 heteroatoms. The van der Waals surface area contributed by atoms with E-state index < -0.39 is 0 Å².